The summed E-state index contributed by atoms with van der Waals surface area (Å²) in [6.45, 7) is 2.35. The van der Waals surface area contributed by atoms with Gasteiger partial charge in [0.25, 0.3) is 0 Å². The van der Waals surface area contributed by atoms with Crippen molar-refractivity contribution in [2.45, 2.75) is 19.8 Å². The number of ether oxygens (including phenoxy) is 1. The minimum atomic E-state index is -0.380. The molecule has 1 aliphatic heterocycles. The molecule has 0 bridgehead atoms. The summed E-state index contributed by atoms with van der Waals surface area (Å²) in [7, 11) is 1.33. The topological polar surface area (TPSA) is 75.3 Å². The van der Waals surface area contributed by atoms with Crippen molar-refractivity contribution >= 4 is 17.7 Å². The molecule has 1 fully saturated rings. The summed E-state index contributed by atoms with van der Waals surface area (Å²) in [5.41, 5.74) is 0.967. The number of rotatable bonds is 3. The van der Waals surface area contributed by atoms with E-state index in [0.717, 1.165) is 12.1 Å². The largest absolute Gasteiger partial charge is 0.469 e. The minimum absolute atomic E-state index is 0.0884. The number of carbonyl (C=O) groups excluding carboxylic acids is 2. The summed E-state index contributed by atoms with van der Waals surface area (Å²) >= 11 is 0. The molecular weight excluding hydrogens is 222 g/mol. The maximum Gasteiger partial charge on any atom is 0.311 e. The second-order valence-corrected chi connectivity index (χ2v) is 4.03. The Labute approximate surface area is 98.9 Å². The lowest BCUT2D eigenvalue weighted by Gasteiger charge is -2.12. The Hall–Kier alpha value is -1.85. The third-order valence-corrected chi connectivity index (χ3v) is 2.93. The van der Waals surface area contributed by atoms with Crippen molar-refractivity contribution in [3.63, 3.8) is 0 Å². The Balaban J connectivity index is 2.12. The van der Waals surface area contributed by atoms with Crippen LogP contribution in [-0.2, 0) is 20.7 Å². The van der Waals surface area contributed by atoms with Gasteiger partial charge in [-0.25, -0.2) is 0 Å². The number of aryl methyl sites for hydroxylation is 1. The number of hydrogen-bond acceptors (Lipinski definition) is 4. The first-order valence-electron chi connectivity index (χ1n) is 5.58. The summed E-state index contributed by atoms with van der Waals surface area (Å²) < 4.78 is 4.65. The van der Waals surface area contributed by atoms with E-state index in [1.807, 2.05) is 13.0 Å². The molecule has 2 rings (SSSR count). The van der Waals surface area contributed by atoms with Gasteiger partial charge < -0.3 is 4.74 Å². The quantitative estimate of drug-likeness (QED) is 0.777. The molecule has 1 atom stereocenters. The lowest BCUT2D eigenvalue weighted by molar-refractivity contribution is -0.145. The molecule has 6 nitrogen and oxygen atoms in total. The monoisotopic (exact) mass is 237 g/mol. The van der Waals surface area contributed by atoms with Crippen molar-refractivity contribution in [3.8, 4) is 0 Å². The molecule has 1 aromatic rings. The van der Waals surface area contributed by atoms with Crippen LogP contribution in [0.3, 0.4) is 0 Å². The first-order chi connectivity index (χ1) is 8.15. The predicted molar refractivity (Wildman–Crippen MR) is 60.4 cm³/mol. The number of carbonyl (C=O) groups is 2. The number of esters is 1. The van der Waals surface area contributed by atoms with Gasteiger partial charge in [-0.2, -0.15) is 5.10 Å². The van der Waals surface area contributed by atoms with Gasteiger partial charge in [0.15, 0.2) is 5.82 Å². The standard InChI is InChI=1S/C11H15N3O3/c1-3-8-5-9(13-12-8)14-6-7(4-10(14)15)11(16)17-2/h5,7H,3-4,6H2,1-2H3,(H,12,13). The SMILES string of the molecule is CCc1cc(N2CC(C(=O)OC)CC2=O)n[nH]1. The van der Waals surface area contributed by atoms with E-state index in [1.165, 1.54) is 12.0 Å². The van der Waals surface area contributed by atoms with Crippen LogP contribution in [0.1, 0.15) is 19.0 Å². The Morgan fingerprint density at radius 3 is 3.06 bits per heavy atom. The van der Waals surface area contributed by atoms with Crippen molar-refractivity contribution in [2.75, 3.05) is 18.6 Å². The van der Waals surface area contributed by atoms with Gasteiger partial charge in [0.05, 0.1) is 13.0 Å². The van der Waals surface area contributed by atoms with Crippen LogP contribution in [0.15, 0.2) is 6.07 Å². The van der Waals surface area contributed by atoms with Crippen LogP contribution in [0.5, 0.6) is 0 Å². The molecule has 0 radical (unpaired) electrons. The van der Waals surface area contributed by atoms with Crippen molar-refractivity contribution in [1.82, 2.24) is 10.2 Å². The predicted octanol–water partition coefficient (Wildman–Crippen LogP) is 0.498. The van der Waals surface area contributed by atoms with Crippen molar-refractivity contribution in [3.05, 3.63) is 11.8 Å². The van der Waals surface area contributed by atoms with E-state index in [9.17, 15) is 9.59 Å². The fourth-order valence-electron chi connectivity index (χ4n) is 1.92. The molecule has 1 N–H and O–H groups in total. The summed E-state index contributed by atoms with van der Waals surface area (Å²) in [5, 5.41) is 6.92. The zero-order chi connectivity index (χ0) is 12.4. The first-order valence-corrected chi connectivity index (χ1v) is 5.58. The highest BCUT2D eigenvalue weighted by molar-refractivity contribution is 5.98. The lowest BCUT2D eigenvalue weighted by atomic mass is 10.1. The van der Waals surface area contributed by atoms with E-state index in [1.54, 1.807) is 0 Å². The zero-order valence-electron chi connectivity index (χ0n) is 9.90. The number of nitrogens with zero attached hydrogens (tertiary/aromatic N) is 2. The summed E-state index contributed by atoms with van der Waals surface area (Å²) in [5.74, 6) is -0.228. The van der Waals surface area contributed by atoms with Gasteiger partial charge in [0.1, 0.15) is 0 Å². The maximum absolute atomic E-state index is 11.8. The van der Waals surface area contributed by atoms with Gasteiger partial charge in [0.2, 0.25) is 5.91 Å². The summed E-state index contributed by atoms with van der Waals surface area (Å²) in [6, 6.07) is 1.83. The van der Waals surface area contributed by atoms with E-state index in [0.29, 0.717) is 12.4 Å². The fourth-order valence-corrected chi connectivity index (χ4v) is 1.92. The van der Waals surface area contributed by atoms with E-state index >= 15 is 0 Å². The van der Waals surface area contributed by atoms with Crippen LogP contribution in [0.2, 0.25) is 0 Å². The van der Waals surface area contributed by atoms with Crippen LogP contribution in [0, 0.1) is 5.92 Å². The molecule has 0 aliphatic carbocycles. The fraction of sp³-hybridized carbons (Fsp3) is 0.545. The van der Waals surface area contributed by atoms with Crippen molar-refractivity contribution < 1.29 is 14.3 Å². The van der Waals surface area contributed by atoms with Crippen LogP contribution in [0.4, 0.5) is 5.82 Å². The van der Waals surface area contributed by atoms with Gasteiger partial charge in [-0.1, -0.05) is 6.92 Å². The Bertz CT molecular complexity index is 441. The average Bonchev–Trinajstić information content (AvgIpc) is 2.93. The molecule has 0 spiro atoms. The molecule has 2 heterocycles. The smallest absolute Gasteiger partial charge is 0.311 e. The van der Waals surface area contributed by atoms with Crippen LogP contribution in [0.25, 0.3) is 0 Å². The number of methoxy groups -OCH3 is 1. The molecular formula is C11H15N3O3. The highest BCUT2D eigenvalue weighted by Crippen LogP contribution is 2.24. The summed E-state index contributed by atoms with van der Waals surface area (Å²) in [4.78, 5) is 24.7. The molecule has 6 heteroatoms. The molecule has 1 amide bonds. The number of amides is 1. The molecule has 0 saturated carbocycles. The second-order valence-electron chi connectivity index (χ2n) is 4.03. The van der Waals surface area contributed by atoms with Gasteiger partial charge in [-0.05, 0) is 6.42 Å². The van der Waals surface area contributed by atoms with Gasteiger partial charge >= 0.3 is 5.97 Å². The molecule has 0 aromatic carbocycles. The van der Waals surface area contributed by atoms with Crippen LogP contribution in [-0.4, -0.2) is 35.7 Å². The normalized spacial score (nSPS) is 19.8. The number of aromatic nitrogens is 2. The Morgan fingerprint density at radius 2 is 2.47 bits per heavy atom. The number of anilines is 1. The highest BCUT2D eigenvalue weighted by atomic mass is 16.5. The van der Waals surface area contributed by atoms with Crippen molar-refractivity contribution in [1.29, 1.82) is 0 Å². The molecule has 92 valence electrons. The molecule has 1 aromatic heterocycles. The second kappa shape index (κ2) is 4.57. The van der Waals surface area contributed by atoms with E-state index < -0.39 is 0 Å². The molecule has 17 heavy (non-hydrogen) atoms. The van der Waals surface area contributed by atoms with Gasteiger partial charge in [-0.15, -0.1) is 0 Å². The Morgan fingerprint density at radius 1 is 1.71 bits per heavy atom. The van der Waals surface area contributed by atoms with E-state index in [2.05, 4.69) is 14.9 Å². The van der Waals surface area contributed by atoms with Crippen LogP contribution >= 0.6 is 0 Å². The van der Waals surface area contributed by atoms with E-state index in [4.69, 9.17) is 0 Å². The third-order valence-electron chi connectivity index (χ3n) is 2.93. The number of aromatic amines is 1. The molecule has 1 saturated heterocycles. The zero-order valence-corrected chi connectivity index (χ0v) is 9.90. The molecule has 1 aliphatic rings. The molecule has 1 unspecified atom stereocenters. The van der Waals surface area contributed by atoms with Crippen molar-refractivity contribution in [2.24, 2.45) is 5.92 Å². The number of hydrogen-bond donors (Lipinski definition) is 1. The maximum atomic E-state index is 11.8. The van der Waals surface area contributed by atoms with Gasteiger partial charge in [0, 0.05) is 24.7 Å². The first kappa shape index (κ1) is 11.6. The third kappa shape index (κ3) is 2.15. The van der Waals surface area contributed by atoms with Gasteiger partial charge in [-0.3, -0.25) is 19.6 Å². The highest BCUT2D eigenvalue weighted by Gasteiger charge is 2.36. The minimum Gasteiger partial charge on any atom is -0.469 e. The Kier molecular flexibility index (Phi) is 3.12. The average molecular weight is 237 g/mol. The van der Waals surface area contributed by atoms with E-state index in [-0.39, 0.29) is 24.2 Å². The summed E-state index contributed by atoms with van der Waals surface area (Å²) in [6.07, 6.45) is 1.02. The number of H-pyrrole nitrogens is 1. The van der Waals surface area contributed by atoms with Crippen LogP contribution < -0.4 is 4.90 Å². The number of nitrogens with one attached hydrogen (secondary N) is 1. The lowest BCUT2D eigenvalue weighted by Crippen LogP contribution is -2.26.